The summed E-state index contributed by atoms with van der Waals surface area (Å²) in [6.07, 6.45) is -2.65. The number of hydrogen-bond donors (Lipinski definition) is 1. The molecule has 1 N–H and O–H groups in total. The number of benzene rings is 2. The highest BCUT2D eigenvalue weighted by Gasteiger charge is 2.34. The van der Waals surface area contributed by atoms with Crippen molar-refractivity contribution >= 4 is 5.91 Å². The van der Waals surface area contributed by atoms with Crippen LogP contribution in [0.3, 0.4) is 0 Å². The molecule has 2 unspecified atom stereocenters. The van der Waals surface area contributed by atoms with Crippen LogP contribution in [0.15, 0.2) is 48.5 Å². The van der Waals surface area contributed by atoms with Gasteiger partial charge in [-0.25, -0.2) is 0 Å². The Bertz CT molecular complexity index is 956. The molecule has 2 rings (SSSR count). The van der Waals surface area contributed by atoms with Crippen LogP contribution in [0.2, 0.25) is 0 Å². The highest BCUT2D eigenvalue weighted by atomic mass is 19.4. The minimum absolute atomic E-state index is 0.0461. The fraction of sp³-hybridized carbons (Fsp3) is 0.462. The fourth-order valence-corrected chi connectivity index (χ4v) is 3.39. The molecule has 34 heavy (non-hydrogen) atoms. The maximum Gasteiger partial charge on any atom is 0.417 e. The SMILES string of the molecule is CCCCCC(NC(=O)C(CC(C)C)Oc1ccc(C#N)c(C(F)(F)F)c1)Oc1ccccc1. The second-order valence-electron chi connectivity index (χ2n) is 8.48. The summed E-state index contributed by atoms with van der Waals surface area (Å²) in [7, 11) is 0. The molecule has 2 atom stereocenters. The van der Waals surface area contributed by atoms with Crippen LogP contribution in [0.4, 0.5) is 13.2 Å². The minimum Gasteiger partial charge on any atom is -0.481 e. The molecule has 5 nitrogen and oxygen atoms in total. The summed E-state index contributed by atoms with van der Waals surface area (Å²) in [5, 5.41) is 11.9. The molecular formula is C26H31F3N2O3. The first-order chi connectivity index (χ1) is 16.1. The summed E-state index contributed by atoms with van der Waals surface area (Å²) in [4.78, 5) is 13.1. The van der Waals surface area contributed by atoms with Gasteiger partial charge in [0.05, 0.1) is 17.2 Å². The largest absolute Gasteiger partial charge is 0.481 e. The summed E-state index contributed by atoms with van der Waals surface area (Å²) in [5.41, 5.74) is -1.60. The zero-order chi connectivity index (χ0) is 25.1. The number of carbonyl (C=O) groups is 1. The molecule has 0 radical (unpaired) electrons. The van der Waals surface area contributed by atoms with Crippen molar-refractivity contribution in [2.45, 2.75) is 71.4 Å². The van der Waals surface area contributed by atoms with E-state index < -0.39 is 35.5 Å². The van der Waals surface area contributed by atoms with Gasteiger partial charge in [-0.15, -0.1) is 0 Å². The van der Waals surface area contributed by atoms with Crippen LogP contribution in [0.25, 0.3) is 0 Å². The van der Waals surface area contributed by atoms with Crippen LogP contribution < -0.4 is 14.8 Å². The van der Waals surface area contributed by atoms with E-state index in [2.05, 4.69) is 12.2 Å². The van der Waals surface area contributed by atoms with Crippen molar-refractivity contribution in [3.05, 3.63) is 59.7 Å². The number of amides is 1. The highest BCUT2D eigenvalue weighted by molar-refractivity contribution is 5.81. The minimum atomic E-state index is -4.71. The van der Waals surface area contributed by atoms with Gasteiger partial charge >= 0.3 is 6.18 Å². The van der Waals surface area contributed by atoms with E-state index in [0.29, 0.717) is 18.6 Å². The Kier molecular flexibility index (Phi) is 10.2. The van der Waals surface area contributed by atoms with Crippen LogP contribution >= 0.6 is 0 Å². The quantitative estimate of drug-likeness (QED) is 0.281. The van der Waals surface area contributed by atoms with Crippen molar-refractivity contribution in [3.63, 3.8) is 0 Å². The van der Waals surface area contributed by atoms with Gasteiger partial charge in [-0.05, 0) is 49.1 Å². The predicted octanol–water partition coefficient (Wildman–Crippen LogP) is 6.47. The maximum absolute atomic E-state index is 13.3. The monoisotopic (exact) mass is 476 g/mol. The van der Waals surface area contributed by atoms with Gasteiger partial charge in [0.25, 0.3) is 5.91 Å². The van der Waals surface area contributed by atoms with Crippen molar-refractivity contribution in [3.8, 4) is 17.6 Å². The molecule has 0 aliphatic rings. The lowest BCUT2D eigenvalue weighted by molar-refractivity contribution is -0.137. The zero-order valence-corrected chi connectivity index (χ0v) is 19.7. The molecule has 0 spiro atoms. The van der Waals surface area contributed by atoms with Crippen molar-refractivity contribution in [1.29, 1.82) is 5.26 Å². The van der Waals surface area contributed by atoms with Crippen molar-refractivity contribution < 1.29 is 27.4 Å². The van der Waals surface area contributed by atoms with Crippen molar-refractivity contribution in [2.75, 3.05) is 0 Å². The molecule has 1 amide bonds. The van der Waals surface area contributed by atoms with Crippen LogP contribution in [0.1, 0.15) is 64.0 Å². The van der Waals surface area contributed by atoms with Gasteiger partial charge in [0, 0.05) is 6.42 Å². The maximum atomic E-state index is 13.3. The highest BCUT2D eigenvalue weighted by Crippen LogP contribution is 2.34. The van der Waals surface area contributed by atoms with Crippen LogP contribution in [-0.4, -0.2) is 18.2 Å². The Hall–Kier alpha value is -3.21. The van der Waals surface area contributed by atoms with E-state index in [1.54, 1.807) is 12.1 Å². The Morgan fingerprint density at radius 3 is 2.35 bits per heavy atom. The molecule has 2 aromatic carbocycles. The molecule has 0 aromatic heterocycles. The van der Waals surface area contributed by atoms with E-state index in [-0.39, 0.29) is 11.7 Å². The normalized spacial score (nSPS) is 13.1. The van der Waals surface area contributed by atoms with Gasteiger partial charge in [-0.1, -0.05) is 51.8 Å². The first-order valence-corrected chi connectivity index (χ1v) is 11.4. The van der Waals surface area contributed by atoms with Gasteiger partial charge < -0.3 is 14.8 Å². The molecule has 2 aromatic rings. The third kappa shape index (κ3) is 8.62. The average Bonchev–Trinajstić information content (AvgIpc) is 2.78. The van der Waals surface area contributed by atoms with Gasteiger partial charge in [-0.3, -0.25) is 4.79 Å². The van der Waals surface area contributed by atoms with Crippen molar-refractivity contribution in [1.82, 2.24) is 5.32 Å². The number of hydrogen-bond acceptors (Lipinski definition) is 4. The zero-order valence-electron chi connectivity index (χ0n) is 19.7. The van der Waals surface area contributed by atoms with E-state index in [9.17, 15) is 18.0 Å². The molecule has 0 bridgehead atoms. The first kappa shape index (κ1) is 27.0. The average molecular weight is 477 g/mol. The number of nitrogens with zero attached hydrogens (tertiary/aromatic N) is 1. The van der Waals surface area contributed by atoms with E-state index >= 15 is 0 Å². The summed E-state index contributed by atoms with van der Waals surface area (Å²) in [5.74, 6) is 0.0556. The second kappa shape index (κ2) is 12.9. The smallest absolute Gasteiger partial charge is 0.417 e. The predicted molar refractivity (Wildman–Crippen MR) is 123 cm³/mol. The second-order valence-corrected chi connectivity index (χ2v) is 8.48. The molecule has 0 aliphatic heterocycles. The Morgan fingerprint density at radius 2 is 1.76 bits per heavy atom. The summed E-state index contributed by atoms with van der Waals surface area (Å²) >= 11 is 0. The molecule has 8 heteroatoms. The lowest BCUT2D eigenvalue weighted by atomic mass is 10.0. The number of alkyl halides is 3. The standard InChI is InChI=1S/C26H31F3N2O3/c1-4-5-7-12-24(34-20-10-8-6-9-11-20)31-25(32)23(15-18(2)3)33-21-14-13-19(17-30)22(16-21)26(27,28)29/h6,8-11,13-14,16,18,23-24H,4-5,7,12,15H2,1-3H3,(H,31,32). The number of carbonyl (C=O) groups excluding carboxylic acids is 1. The van der Waals surface area contributed by atoms with Crippen LogP contribution in [-0.2, 0) is 11.0 Å². The lowest BCUT2D eigenvalue weighted by Gasteiger charge is -2.25. The number of nitriles is 1. The lowest BCUT2D eigenvalue weighted by Crippen LogP contribution is -2.46. The summed E-state index contributed by atoms with van der Waals surface area (Å²) in [6, 6.07) is 13.7. The number of rotatable bonds is 12. The molecule has 184 valence electrons. The van der Waals surface area contributed by atoms with E-state index in [1.807, 2.05) is 32.0 Å². The van der Waals surface area contributed by atoms with Gasteiger partial charge in [0.15, 0.2) is 12.3 Å². The van der Waals surface area contributed by atoms with Gasteiger partial charge in [0.2, 0.25) is 0 Å². The summed E-state index contributed by atoms with van der Waals surface area (Å²) in [6.45, 7) is 5.86. The first-order valence-electron chi connectivity index (χ1n) is 11.4. The van der Waals surface area contributed by atoms with Crippen LogP contribution in [0.5, 0.6) is 11.5 Å². The van der Waals surface area contributed by atoms with Gasteiger partial charge in [0.1, 0.15) is 11.5 Å². The number of nitrogens with one attached hydrogen (secondary N) is 1. The number of para-hydroxylation sites is 1. The number of halogens is 3. The molecule has 0 aliphatic carbocycles. The third-order valence-corrected chi connectivity index (χ3v) is 5.07. The van der Waals surface area contributed by atoms with E-state index in [1.165, 1.54) is 12.1 Å². The fourth-order valence-electron chi connectivity index (χ4n) is 3.39. The Morgan fingerprint density at radius 1 is 1.06 bits per heavy atom. The number of unbranched alkanes of at least 4 members (excludes halogenated alkanes) is 2. The molecular weight excluding hydrogens is 445 g/mol. The van der Waals surface area contributed by atoms with E-state index in [0.717, 1.165) is 31.4 Å². The Labute approximate surface area is 198 Å². The molecule has 0 saturated carbocycles. The van der Waals surface area contributed by atoms with E-state index in [4.69, 9.17) is 14.7 Å². The Balaban J connectivity index is 2.21. The molecule has 0 fully saturated rings. The third-order valence-electron chi connectivity index (χ3n) is 5.07. The summed E-state index contributed by atoms with van der Waals surface area (Å²) < 4.78 is 51.7. The molecule has 0 heterocycles. The van der Waals surface area contributed by atoms with Crippen molar-refractivity contribution in [2.24, 2.45) is 5.92 Å². The topological polar surface area (TPSA) is 71.3 Å². The molecule has 0 saturated heterocycles. The number of ether oxygens (including phenoxy) is 2. The van der Waals surface area contributed by atoms with Gasteiger partial charge in [-0.2, -0.15) is 18.4 Å². The van der Waals surface area contributed by atoms with Crippen LogP contribution in [0, 0.1) is 17.2 Å².